The van der Waals surface area contributed by atoms with Gasteiger partial charge in [0.2, 0.25) is 0 Å². The summed E-state index contributed by atoms with van der Waals surface area (Å²) in [5.74, 6) is -2.15. The molecule has 0 aromatic heterocycles. The molecule has 1 aromatic rings. The standard InChI is InChI=1S/C25H33FO8S/c1-4-23(2,3)33-20-10-18(5-6-19(20)26)21(27)34-25-13-16-9-17(14-25)12-24(11-16,15-25)22(28)32-7-8-35(29,30)31/h5-6,10,16-17H,4,7-9,11-15H2,1-3H3,(H,29,30,31)/p-1. The number of esters is 2. The third-order valence-corrected chi connectivity index (χ3v) is 8.39. The first kappa shape index (κ1) is 25.9. The van der Waals surface area contributed by atoms with Crippen LogP contribution in [-0.4, -0.2) is 48.5 Å². The summed E-state index contributed by atoms with van der Waals surface area (Å²) in [6.45, 7) is 5.10. The van der Waals surface area contributed by atoms with Gasteiger partial charge in [-0.05, 0) is 82.4 Å². The van der Waals surface area contributed by atoms with Crippen molar-refractivity contribution in [2.45, 2.75) is 76.9 Å². The number of hydrogen-bond donors (Lipinski definition) is 0. The highest BCUT2D eigenvalue weighted by Gasteiger charge is 2.63. The van der Waals surface area contributed by atoms with Gasteiger partial charge in [0.1, 0.15) is 17.8 Å². The van der Waals surface area contributed by atoms with Crippen LogP contribution in [0.5, 0.6) is 5.75 Å². The second-order valence-electron chi connectivity index (χ2n) is 11.1. The minimum Gasteiger partial charge on any atom is -0.748 e. The maximum absolute atomic E-state index is 14.3. The zero-order valence-electron chi connectivity index (χ0n) is 20.3. The van der Waals surface area contributed by atoms with Crippen molar-refractivity contribution in [2.75, 3.05) is 12.4 Å². The third-order valence-electron chi connectivity index (χ3n) is 7.72. The molecule has 194 valence electrons. The minimum absolute atomic E-state index is 0.0230. The van der Waals surface area contributed by atoms with E-state index in [-0.39, 0.29) is 29.6 Å². The highest BCUT2D eigenvalue weighted by molar-refractivity contribution is 7.85. The first-order chi connectivity index (χ1) is 16.2. The molecule has 4 fully saturated rings. The van der Waals surface area contributed by atoms with E-state index in [4.69, 9.17) is 14.2 Å². The lowest BCUT2D eigenvalue weighted by atomic mass is 9.48. The fourth-order valence-electron chi connectivity index (χ4n) is 6.26. The van der Waals surface area contributed by atoms with E-state index in [1.54, 1.807) is 0 Å². The molecule has 0 heterocycles. The highest BCUT2D eigenvalue weighted by Crippen LogP contribution is 2.63. The summed E-state index contributed by atoms with van der Waals surface area (Å²) in [6, 6.07) is 3.89. The second kappa shape index (κ2) is 9.03. The Morgan fingerprint density at radius 2 is 1.83 bits per heavy atom. The van der Waals surface area contributed by atoms with E-state index in [0.29, 0.717) is 32.1 Å². The van der Waals surface area contributed by atoms with E-state index in [1.807, 2.05) is 20.8 Å². The van der Waals surface area contributed by atoms with Crippen molar-refractivity contribution in [2.24, 2.45) is 17.3 Å². The Bertz CT molecular complexity index is 1100. The van der Waals surface area contributed by atoms with Crippen molar-refractivity contribution in [1.29, 1.82) is 0 Å². The molecule has 0 N–H and O–H groups in total. The third kappa shape index (κ3) is 5.63. The molecule has 4 aliphatic rings. The number of benzene rings is 1. The fraction of sp³-hybridized carbons (Fsp3) is 0.680. The summed E-state index contributed by atoms with van der Waals surface area (Å²) in [4.78, 5) is 26.2. The van der Waals surface area contributed by atoms with Crippen molar-refractivity contribution in [3.63, 3.8) is 0 Å². The first-order valence-electron chi connectivity index (χ1n) is 12.1. The maximum atomic E-state index is 14.3. The number of hydrogen-bond acceptors (Lipinski definition) is 8. The Morgan fingerprint density at radius 1 is 1.17 bits per heavy atom. The average molecular weight is 512 g/mol. The number of carbonyl (C=O) groups is 2. The van der Waals surface area contributed by atoms with E-state index in [1.165, 1.54) is 18.2 Å². The maximum Gasteiger partial charge on any atom is 0.338 e. The van der Waals surface area contributed by atoms with E-state index in [0.717, 1.165) is 6.42 Å². The molecule has 0 aliphatic heterocycles. The SMILES string of the molecule is CCC(C)(C)Oc1cc(C(=O)OC23CC4CC(C2)CC(C(=O)OCCS(=O)(=O)[O-])(C4)C3)ccc1F. The van der Waals surface area contributed by atoms with E-state index in [9.17, 15) is 27.0 Å². The lowest BCUT2D eigenvalue weighted by Gasteiger charge is -2.59. The van der Waals surface area contributed by atoms with Gasteiger partial charge in [0, 0.05) is 6.42 Å². The minimum atomic E-state index is -4.49. The molecule has 0 amide bonds. The summed E-state index contributed by atoms with van der Waals surface area (Å²) in [7, 11) is -4.49. The van der Waals surface area contributed by atoms with Crippen LogP contribution >= 0.6 is 0 Å². The summed E-state index contributed by atoms with van der Waals surface area (Å²) in [5.41, 5.74) is -2.15. The van der Waals surface area contributed by atoms with E-state index >= 15 is 0 Å². The summed E-state index contributed by atoms with van der Waals surface area (Å²) in [6.07, 6.45) is 4.31. The summed E-state index contributed by atoms with van der Waals surface area (Å²) >= 11 is 0. The van der Waals surface area contributed by atoms with Gasteiger partial charge in [0.25, 0.3) is 0 Å². The van der Waals surface area contributed by atoms with Gasteiger partial charge in [-0.1, -0.05) is 6.92 Å². The van der Waals surface area contributed by atoms with Gasteiger partial charge >= 0.3 is 11.9 Å². The molecule has 0 radical (unpaired) electrons. The van der Waals surface area contributed by atoms with Crippen LogP contribution < -0.4 is 4.74 Å². The Hall–Kier alpha value is -2.20. The summed E-state index contributed by atoms with van der Waals surface area (Å²) in [5, 5.41) is 0. The molecule has 8 nitrogen and oxygen atoms in total. The molecule has 0 saturated heterocycles. The molecule has 2 atom stereocenters. The number of halogens is 1. The Morgan fingerprint density at radius 3 is 2.43 bits per heavy atom. The van der Waals surface area contributed by atoms with E-state index < -0.39 is 56.9 Å². The molecule has 2 unspecified atom stereocenters. The highest BCUT2D eigenvalue weighted by atomic mass is 32.2. The summed E-state index contributed by atoms with van der Waals surface area (Å²) < 4.78 is 64.0. The Kier molecular flexibility index (Phi) is 6.68. The van der Waals surface area contributed by atoms with Crippen LogP contribution in [0.25, 0.3) is 0 Å². The second-order valence-corrected chi connectivity index (χ2v) is 12.6. The zero-order valence-corrected chi connectivity index (χ0v) is 21.1. The molecule has 0 spiro atoms. The van der Waals surface area contributed by atoms with E-state index in [2.05, 4.69) is 0 Å². The van der Waals surface area contributed by atoms with Crippen molar-refractivity contribution in [1.82, 2.24) is 0 Å². The number of carbonyl (C=O) groups excluding carboxylic acids is 2. The topological polar surface area (TPSA) is 119 Å². The van der Waals surface area contributed by atoms with Gasteiger partial charge in [-0.15, -0.1) is 0 Å². The predicted molar refractivity (Wildman–Crippen MR) is 122 cm³/mol. The molecule has 4 bridgehead atoms. The van der Waals surface area contributed by atoms with Gasteiger partial charge in [-0.25, -0.2) is 17.6 Å². The fourth-order valence-corrected chi connectivity index (χ4v) is 6.55. The molecule has 10 heteroatoms. The lowest BCUT2D eigenvalue weighted by molar-refractivity contribution is -0.196. The first-order valence-corrected chi connectivity index (χ1v) is 13.6. The molecular weight excluding hydrogens is 479 g/mol. The van der Waals surface area contributed by atoms with Crippen molar-refractivity contribution < 1.29 is 41.2 Å². The molecular formula is C25H32FO8S-. The predicted octanol–water partition coefficient (Wildman–Crippen LogP) is 3.98. The van der Waals surface area contributed by atoms with Gasteiger partial charge in [-0.2, -0.15) is 0 Å². The molecule has 1 aromatic carbocycles. The quantitative estimate of drug-likeness (QED) is 0.361. The Labute approximate surface area is 205 Å². The molecule has 5 rings (SSSR count). The lowest BCUT2D eigenvalue weighted by Crippen LogP contribution is -2.60. The Balaban J connectivity index is 1.51. The van der Waals surface area contributed by atoms with Crippen LogP contribution in [0.1, 0.15) is 76.1 Å². The van der Waals surface area contributed by atoms with Crippen molar-refractivity contribution >= 4 is 22.1 Å². The molecule has 4 saturated carbocycles. The van der Waals surface area contributed by atoms with Gasteiger partial charge in [0.05, 0.1) is 26.8 Å². The van der Waals surface area contributed by atoms with Crippen LogP contribution in [0, 0.1) is 23.1 Å². The van der Waals surface area contributed by atoms with Crippen LogP contribution in [0.4, 0.5) is 4.39 Å². The van der Waals surface area contributed by atoms with Crippen LogP contribution in [0.2, 0.25) is 0 Å². The van der Waals surface area contributed by atoms with Gasteiger partial charge < -0.3 is 18.8 Å². The monoisotopic (exact) mass is 511 g/mol. The number of ether oxygens (including phenoxy) is 3. The zero-order chi connectivity index (χ0) is 25.6. The van der Waals surface area contributed by atoms with Crippen LogP contribution in [0.3, 0.4) is 0 Å². The number of rotatable bonds is 9. The largest absolute Gasteiger partial charge is 0.748 e. The van der Waals surface area contributed by atoms with Gasteiger partial charge in [0.15, 0.2) is 11.6 Å². The van der Waals surface area contributed by atoms with Gasteiger partial charge in [-0.3, -0.25) is 4.79 Å². The normalized spacial score (nSPS) is 29.6. The molecule has 4 aliphatic carbocycles. The van der Waals surface area contributed by atoms with Crippen LogP contribution in [0.15, 0.2) is 18.2 Å². The van der Waals surface area contributed by atoms with Crippen molar-refractivity contribution in [3.05, 3.63) is 29.6 Å². The molecule has 35 heavy (non-hydrogen) atoms. The van der Waals surface area contributed by atoms with Crippen LogP contribution in [-0.2, 0) is 24.4 Å². The van der Waals surface area contributed by atoms with Crippen molar-refractivity contribution in [3.8, 4) is 5.75 Å². The smallest absolute Gasteiger partial charge is 0.338 e. The average Bonchev–Trinajstić information content (AvgIpc) is 2.73.